The highest BCUT2D eigenvalue weighted by Crippen LogP contribution is 2.06. The number of carbonyl (C=O) groups is 1. The molecule has 0 saturated carbocycles. The number of oxime groups is 1. The Hall–Kier alpha value is -2.09. The van der Waals surface area contributed by atoms with Crippen LogP contribution in [0.15, 0.2) is 15.7 Å². The van der Waals surface area contributed by atoms with Crippen molar-refractivity contribution < 1.29 is 18.9 Å². The van der Waals surface area contributed by atoms with Crippen LogP contribution in [0.1, 0.15) is 12.2 Å². The molecule has 18 heavy (non-hydrogen) atoms. The molecule has 0 atom stereocenters. The second kappa shape index (κ2) is 7.28. The maximum atomic E-state index is 11.4. The van der Waals surface area contributed by atoms with E-state index in [9.17, 15) is 4.79 Å². The van der Waals surface area contributed by atoms with Crippen LogP contribution in [0.4, 0.5) is 5.82 Å². The molecule has 3 N–H and O–H groups in total. The number of hydrogen-bond donors (Lipinski definition) is 2. The summed E-state index contributed by atoms with van der Waals surface area (Å²) < 4.78 is 9.59. The molecule has 1 aromatic rings. The number of rotatable bonds is 7. The molecule has 0 unspecified atom stereocenters. The van der Waals surface area contributed by atoms with Crippen LogP contribution in [0, 0.1) is 6.92 Å². The number of aromatic nitrogens is 1. The summed E-state index contributed by atoms with van der Waals surface area (Å²) in [7, 11) is 1.56. The molecule has 8 nitrogen and oxygen atoms in total. The van der Waals surface area contributed by atoms with Gasteiger partial charge >= 0.3 is 0 Å². The largest absolute Gasteiger partial charge is 0.384 e. The second-order valence-electron chi connectivity index (χ2n) is 3.47. The zero-order valence-corrected chi connectivity index (χ0v) is 10.3. The quantitative estimate of drug-likeness (QED) is 0.411. The molecular formula is C10H16N4O4. The van der Waals surface area contributed by atoms with Crippen molar-refractivity contribution in [1.29, 1.82) is 0 Å². The van der Waals surface area contributed by atoms with Gasteiger partial charge in [0.25, 0.3) is 5.91 Å². The van der Waals surface area contributed by atoms with Crippen LogP contribution in [-0.4, -0.2) is 37.2 Å². The standard InChI is InChI=1S/C10H16N4O4/c1-7-5-9(14-18-7)12-10(15)6-17-13-8(11)3-4-16-2/h5H,3-4,6H2,1-2H3,(H2,11,13)(H,12,14,15). The van der Waals surface area contributed by atoms with Crippen molar-refractivity contribution in [1.82, 2.24) is 5.16 Å². The SMILES string of the molecule is COCC/C(N)=N/OCC(=O)Nc1cc(C)on1. The van der Waals surface area contributed by atoms with Gasteiger partial charge in [-0.25, -0.2) is 0 Å². The van der Waals surface area contributed by atoms with Gasteiger partial charge in [-0.05, 0) is 6.92 Å². The third kappa shape index (κ3) is 5.30. The van der Waals surface area contributed by atoms with E-state index in [0.29, 0.717) is 24.6 Å². The van der Waals surface area contributed by atoms with Gasteiger partial charge in [-0.2, -0.15) is 0 Å². The lowest BCUT2D eigenvalue weighted by molar-refractivity contribution is -0.120. The molecule has 0 aliphatic carbocycles. The molecule has 1 heterocycles. The molecule has 0 aromatic carbocycles. The number of aryl methyl sites for hydroxylation is 1. The minimum Gasteiger partial charge on any atom is -0.384 e. The Balaban J connectivity index is 2.25. The molecule has 0 saturated heterocycles. The van der Waals surface area contributed by atoms with Crippen LogP contribution in [0.25, 0.3) is 0 Å². The highest BCUT2D eigenvalue weighted by Gasteiger charge is 2.06. The minimum absolute atomic E-state index is 0.250. The van der Waals surface area contributed by atoms with Crippen LogP contribution in [-0.2, 0) is 14.4 Å². The van der Waals surface area contributed by atoms with Crippen molar-refractivity contribution in [2.45, 2.75) is 13.3 Å². The fraction of sp³-hybridized carbons (Fsp3) is 0.500. The van der Waals surface area contributed by atoms with Crippen molar-refractivity contribution in [3.05, 3.63) is 11.8 Å². The highest BCUT2D eigenvalue weighted by atomic mass is 16.6. The van der Waals surface area contributed by atoms with Gasteiger partial charge in [0.1, 0.15) is 11.6 Å². The number of hydrogen-bond acceptors (Lipinski definition) is 6. The number of anilines is 1. The molecular weight excluding hydrogens is 240 g/mol. The molecule has 1 aromatic heterocycles. The Morgan fingerprint density at radius 2 is 2.44 bits per heavy atom. The third-order valence-corrected chi connectivity index (χ3v) is 1.84. The van der Waals surface area contributed by atoms with Gasteiger partial charge < -0.3 is 25.1 Å². The average Bonchev–Trinajstić information content (AvgIpc) is 2.72. The lowest BCUT2D eigenvalue weighted by Crippen LogP contribution is -2.19. The van der Waals surface area contributed by atoms with Gasteiger partial charge in [0.05, 0.1) is 6.61 Å². The topological polar surface area (TPSA) is 112 Å². The summed E-state index contributed by atoms with van der Waals surface area (Å²) in [5.74, 6) is 0.805. The maximum absolute atomic E-state index is 11.4. The van der Waals surface area contributed by atoms with E-state index in [0.717, 1.165) is 0 Å². The fourth-order valence-corrected chi connectivity index (χ4v) is 1.03. The Labute approximate surface area is 104 Å². The Morgan fingerprint density at radius 1 is 1.67 bits per heavy atom. The zero-order chi connectivity index (χ0) is 13.4. The summed E-state index contributed by atoms with van der Waals surface area (Å²) in [6.07, 6.45) is 0.445. The van der Waals surface area contributed by atoms with Crippen molar-refractivity contribution in [2.75, 3.05) is 25.6 Å². The van der Waals surface area contributed by atoms with Crippen molar-refractivity contribution >= 4 is 17.6 Å². The molecule has 0 radical (unpaired) electrons. The molecule has 1 rings (SSSR count). The van der Waals surface area contributed by atoms with Gasteiger partial charge in [0, 0.05) is 19.6 Å². The van der Waals surface area contributed by atoms with Gasteiger partial charge in [-0.1, -0.05) is 10.3 Å². The summed E-state index contributed by atoms with van der Waals surface area (Å²) in [4.78, 5) is 16.1. The number of amides is 1. The fourth-order valence-electron chi connectivity index (χ4n) is 1.03. The van der Waals surface area contributed by atoms with E-state index < -0.39 is 5.91 Å². The molecule has 0 spiro atoms. The van der Waals surface area contributed by atoms with E-state index in [1.54, 1.807) is 20.1 Å². The van der Waals surface area contributed by atoms with Gasteiger partial charge in [0.2, 0.25) is 0 Å². The predicted octanol–water partition coefficient (Wildman–Crippen LogP) is 0.247. The first-order valence-corrected chi connectivity index (χ1v) is 5.28. The van der Waals surface area contributed by atoms with Crippen LogP contribution >= 0.6 is 0 Å². The summed E-state index contributed by atoms with van der Waals surface area (Å²) in [5.41, 5.74) is 5.49. The third-order valence-electron chi connectivity index (χ3n) is 1.84. The maximum Gasteiger partial charge on any atom is 0.266 e. The second-order valence-corrected chi connectivity index (χ2v) is 3.47. The number of amidine groups is 1. The van der Waals surface area contributed by atoms with Gasteiger partial charge in [-0.15, -0.1) is 0 Å². The van der Waals surface area contributed by atoms with Crippen LogP contribution in [0.3, 0.4) is 0 Å². The Kier molecular flexibility index (Phi) is 5.65. The molecule has 0 fully saturated rings. The molecule has 0 bridgehead atoms. The van der Waals surface area contributed by atoms with E-state index in [-0.39, 0.29) is 12.4 Å². The lowest BCUT2D eigenvalue weighted by atomic mass is 10.4. The van der Waals surface area contributed by atoms with E-state index in [1.165, 1.54) is 0 Å². The predicted molar refractivity (Wildman–Crippen MR) is 63.9 cm³/mol. The number of nitrogens with zero attached hydrogens (tertiary/aromatic N) is 2. The summed E-state index contributed by atoms with van der Waals surface area (Å²) in [5, 5.41) is 9.63. The number of nitrogens with one attached hydrogen (secondary N) is 1. The lowest BCUT2D eigenvalue weighted by Gasteiger charge is -2.01. The summed E-state index contributed by atoms with van der Waals surface area (Å²) >= 11 is 0. The van der Waals surface area contributed by atoms with Crippen molar-refractivity contribution in [2.24, 2.45) is 10.9 Å². The average molecular weight is 256 g/mol. The van der Waals surface area contributed by atoms with Gasteiger partial charge in [0.15, 0.2) is 12.4 Å². The molecule has 0 aliphatic heterocycles. The van der Waals surface area contributed by atoms with Crippen LogP contribution < -0.4 is 11.1 Å². The Bertz CT molecular complexity index is 416. The van der Waals surface area contributed by atoms with Crippen molar-refractivity contribution in [3.63, 3.8) is 0 Å². The highest BCUT2D eigenvalue weighted by molar-refractivity contribution is 5.90. The molecule has 100 valence electrons. The van der Waals surface area contributed by atoms with E-state index >= 15 is 0 Å². The molecule has 0 aliphatic rings. The number of ether oxygens (including phenoxy) is 1. The van der Waals surface area contributed by atoms with E-state index in [1.807, 2.05) is 0 Å². The zero-order valence-electron chi connectivity index (χ0n) is 10.3. The smallest absolute Gasteiger partial charge is 0.266 e. The minimum atomic E-state index is -0.397. The van der Waals surface area contributed by atoms with Crippen LogP contribution in [0.2, 0.25) is 0 Å². The van der Waals surface area contributed by atoms with Gasteiger partial charge in [-0.3, -0.25) is 4.79 Å². The summed E-state index contributed by atoms with van der Waals surface area (Å²) in [6, 6.07) is 1.59. The van der Waals surface area contributed by atoms with Crippen LogP contribution in [0.5, 0.6) is 0 Å². The number of methoxy groups -OCH3 is 1. The normalized spacial score (nSPS) is 11.3. The Morgan fingerprint density at radius 3 is 3.06 bits per heavy atom. The van der Waals surface area contributed by atoms with E-state index in [2.05, 4.69) is 15.6 Å². The summed E-state index contributed by atoms with van der Waals surface area (Å²) in [6.45, 7) is 1.92. The molecule has 1 amide bonds. The first-order valence-electron chi connectivity index (χ1n) is 5.28. The number of nitrogens with two attached hydrogens (primary N) is 1. The first kappa shape index (κ1) is 14.0. The monoisotopic (exact) mass is 256 g/mol. The molecule has 8 heteroatoms. The first-order chi connectivity index (χ1) is 8.61. The van der Waals surface area contributed by atoms with E-state index in [4.69, 9.17) is 19.8 Å². The van der Waals surface area contributed by atoms with Crippen molar-refractivity contribution in [3.8, 4) is 0 Å². The number of carbonyl (C=O) groups excluding carboxylic acids is 1.